The molecule has 2 saturated heterocycles. The van der Waals surface area contributed by atoms with E-state index in [1.807, 2.05) is 35.6 Å². The quantitative estimate of drug-likeness (QED) is 0.155. The van der Waals surface area contributed by atoms with Crippen molar-refractivity contribution in [3.63, 3.8) is 0 Å². The summed E-state index contributed by atoms with van der Waals surface area (Å²) in [6.45, 7) is -2.85. The van der Waals surface area contributed by atoms with Crippen molar-refractivity contribution in [3.05, 3.63) is 71.6 Å². The van der Waals surface area contributed by atoms with Gasteiger partial charge >= 0.3 is 12.2 Å². The summed E-state index contributed by atoms with van der Waals surface area (Å²) in [5, 5.41) is 4.02. The van der Waals surface area contributed by atoms with E-state index in [1.165, 1.54) is 23.0 Å². The standard InChI is InChI=1S/C41H46F2N8O6/c1-20(46-40(54)56-3)38(52)50-18-26(42)14-32(50)36-44-16-30(48-36)23-7-5-22(6-8-23)28-11-12-29(35-25-10-9-24(13-25)34(28)35)31-17-45-37(49-31)33-15-27(43)19-51(33)39(53)21(2)47-41(55)57-4/h5-8,11-12,16-17,20-21,24-27,32-33H,9-10,13-15,18-19H2,1-4H3,(H,44,48)(H,45,49)(H,46,54)(H,47,55)/t20-,21-,24?,25?,26-,27-,32-,33?/m0/s1/i2D3,20D,21D. The SMILES string of the molecule is [2H]C([2H])([2H])[C@]([2H])(NC(=O)OC)C(=O)N1C[C@@H](F)CC1c1ncc(-c2ccc(-c3ccc(-c4cnc([C@@H]5C[C@H](F)CN5C(=O)[C@]([2H])(C)NC(=O)OC)[nH]4)cc3)c3c2C2CCC3C2)[nH]1. The van der Waals surface area contributed by atoms with E-state index in [0.717, 1.165) is 60.6 Å². The Morgan fingerprint density at radius 1 is 0.754 bits per heavy atom. The first-order valence-corrected chi connectivity index (χ1v) is 18.8. The number of aromatic amines is 2. The van der Waals surface area contributed by atoms with Gasteiger partial charge in [0.2, 0.25) is 11.8 Å². The van der Waals surface area contributed by atoms with Crippen LogP contribution in [0.4, 0.5) is 18.4 Å². The molecule has 8 rings (SSSR count). The monoisotopic (exact) mass is 789 g/mol. The van der Waals surface area contributed by atoms with Crippen LogP contribution in [-0.2, 0) is 19.1 Å². The van der Waals surface area contributed by atoms with E-state index in [-0.39, 0.29) is 25.2 Å². The number of nitrogens with zero attached hydrogens (tertiary/aromatic N) is 4. The zero-order valence-corrected chi connectivity index (χ0v) is 31.5. The van der Waals surface area contributed by atoms with E-state index in [2.05, 4.69) is 40.8 Å². The molecule has 3 fully saturated rings. The maximum Gasteiger partial charge on any atom is 0.407 e. The third-order valence-electron chi connectivity index (χ3n) is 11.6. The summed E-state index contributed by atoms with van der Waals surface area (Å²) < 4.78 is 79.4. The first-order valence-electron chi connectivity index (χ1n) is 21.3. The van der Waals surface area contributed by atoms with Gasteiger partial charge in [0.15, 0.2) is 0 Å². The summed E-state index contributed by atoms with van der Waals surface area (Å²) in [4.78, 5) is 68.5. The number of imidazole rings is 2. The number of hydrogen-bond acceptors (Lipinski definition) is 8. The lowest BCUT2D eigenvalue weighted by molar-refractivity contribution is -0.134. The molecule has 4 N–H and O–H groups in total. The van der Waals surface area contributed by atoms with Crippen molar-refractivity contribution >= 4 is 24.0 Å². The van der Waals surface area contributed by atoms with Crippen LogP contribution >= 0.6 is 0 Å². The van der Waals surface area contributed by atoms with Crippen LogP contribution in [0.25, 0.3) is 33.6 Å². The Morgan fingerprint density at radius 2 is 1.25 bits per heavy atom. The number of methoxy groups -OCH3 is 2. The molecule has 300 valence electrons. The molecule has 2 aromatic heterocycles. The zero-order chi connectivity index (χ0) is 44.5. The number of hydrogen-bond donors (Lipinski definition) is 4. The zero-order valence-electron chi connectivity index (χ0n) is 36.5. The Hall–Kier alpha value is -5.80. The first kappa shape index (κ1) is 32.3. The number of fused-ring (bicyclic) bond motifs is 5. The van der Waals surface area contributed by atoms with Crippen molar-refractivity contribution in [1.29, 1.82) is 0 Å². The number of amides is 4. The molecule has 4 aliphatic rings. The lowest BCUT2D eigenvalue weighted by Crippen LogP contribution is -2.47. The molecule has 1 saturated carbocycles. The van der Waals surface area contributed by atoms with Crippen molar-refractivity contribution in [2.24, 2.45) is 0 Å². The molecule has 4 heterocycles. The molecule has 3 unspecified atom stereocenters. The molecule has 2 aliphatic heterocycles. The van der Waals surface area contributed by atoms with Crippen LogP contribution in [-0.4, -0.2) is 105 Å². The van der Waals surface area contributed by atoms with E-state index in [4.69, 9.17) is 6.85 Å². The molecule has 4 amide bonds. The molecule has 57 heavy (non-hydrogen) atoms. The number of alkyl carbamates (subject to hydrolysis) is 2. The highest BCUT2D eigenvalue weighted by Crippen LogP contribution is 2.58. The minimum atomic E-state index is -3.31. The molecule has 14 nitrogen and oxygen atoms in total. The minimum Gasteiger partial charge on any atom is -0.453 e. The second-order valence-corrected chi connectivity index (χ2v) is 15.0. The van der Waals surface area contributed by atoms with Crippen molar-refractivity contribution in [3.8, 4) is 33.6 Å². The number of carbonyl (C=O) groups is 4. The van der Waals surface area contributed by atoms with Crippen LogP contribution in [0.1, 0.15) is 99.4 Å². The summed E-state index contributed by atoms with van der Waals surface area (Å²) in [6, 6.07) is 4.95. The summed E-state index contributed by atoms with van der Waals surface area (Å²) in [5.74, 6) is -0.904. The van der Waals surface area contributed by atoms with Gasteiger partial charge in [-0.05, 0) is 72.7 Å². The topological polar surface area (TPSA) is 175 Å². The highest BCUT2D eigenvalue weighted by Gasteiger charge is 2.43. The van der Waals surface area contributed by atoms with E-state index in [1.54, 1.807) is 12.4 Å². The van der Waals surface area contributed by atoms with Crippen LogP contribution in [0.15, 0.2) is 48.8 Å². The number of alkyl halides is 2. The van der Waals surface area contributed by atoms with E-state index in [9.17, 15) is 23.6 Å². The Labute approximate surface area is 335 Å². The third-order valence-corrected chi connectivity index (χ3v) is 11.6. The molecule has 2 aromatic carbocycles. The number of ether oxygens (including phenoxy) is 2. The van der Waals surface area contributed by atoms with Crippen molar-refractivity contribution in [2.75, 3.05) is 27.3 Å². The summed E-state index contributed by atoms with van der Waals surface area (Å²) in [5.41, 5.74) is 7.47. The van der Waals surface area contributed by atoms with Gasteiger partial charge in [-0.2, -0.15) is 0 Å². The van der Waals surface area contributed by atoms with Crippen molar-refractivity contribution < 1.29 is 44.3 Å². The second-order valence-electron chi connectivity index (χ2n) is 15.0. The Bertz CT molecular complexity index is 2410. The van der Waals surface area contributed by atoms with Crippen molar-refractivity contribution in [2.45, 2.75) is 94.2 Å². The molecular weight excluding hydrogens is 738 g/mol. The summed E-state index contributed by atoms with van der Waals surface area (Å²) in [7, 11) is 2.09. The van der Waals surface area contributed by atoms with Gasteiger partial charge in [0.25, 0.3) is 0 Å². The van der Waals surface area contributed by atoms with Crippen LogP contribution in [0.3, 0.4) is 0 Å². The number of likely N-dealkylation sites (tertiary alicyclic amines) is 2. The van der Waals surface area contributed by atoms with Gasteiger partial charge in [-0.3, -0.25) is 9.59 Å². The molecule has 4 aromatic rings. The van der Waals surface area contributed by atoms with Gasteiger partial charge in [0.1, 0.15) is 36.0 Å². The summed E-state index contributed by atoms with van der Waals surface area (Å²) >= 11 is 0. The van der Waals surface area contributed by atoms with Gasteiger partial charge in [-0.25, -0.2) is 28.3 Å². The smallest absolute Gasteiger partial charge is 0.407 e. The maximum atomic E-state index is 15.0. The van der Waals surface area contributed by atoms with Crippen LogP contribution in [0.2, 0.25) is 0 Å². The van der Waals surface area contributed by atoms with Gasteiger partial charge in [0, 0.05) is 22.5 Å². The van der Waals surface area contributed by atoms with Gasteiger partial charge in [-0.1, -0.05) is 36.4 Å². The molecule has 16 heteroatoms. The number of halogens is 2. The number of carbonyl (C=O) groups excluding carboxylic acids is 4. The normalized spacial score (nSPS) is 27.2. The summed E-state index contributed by atoms with van der Waals surface area (Å²) in [6.07, 6.45) is 0.906. The van der Waals surface area contributed by atoms with E-state index in [0.29, 0.717) is 29.0 Å². The van der Waals surface area contributed by atoms with E-state index >= 15 is 4.39 Å². The third kappa shape index (κ3) is 7.10. The maximum absolute atomic E-state index is 15.0. The van der Waals surface area contributed by atoms with Gasteiger partial charge in [0.05, 0.1) is 65.9 Å². The molecular formula is C41H46F2N8O6. The largest absolute Gasteiger partial charge is 0.453 e. The number of aromatic nitrogens is 4. The number of rotatable bonds is 9. The van der Waals surface area contributed by atoms with Crippen LogP contribution < -0.4 is 10.6 Å². The second kappa shape index (κ2) is 15.3. The molecule has 2 aliphatic carbocycles. The molecule has 0 radical (unpaired) electrons. The average molecular weight is 790 g/mol. The fourth-order valence-corrected chi connectivity index (χ4v) is 8.99. The molecule has 0 spiro atoms. The van der Waals surface area contributed by atoms with Gasteiger partial charge < -0.3 is 39.9 Å². The fraction of sp³-hybridized carbons (Fsp3) is 0.463. The molecule has 8 atom stereocenters. The highest BCUT2D eigenvalue weighted by molar-refractivity contribution is 5.87. The molecule has 2 bridgehead atoms. The Balaban J connectivity index is 1.04. The Morgan fingerprint density at radius 3 is 1.82 bits per heavy atom. The van der Waals surface area contributed by atoms with Crippen molar-refractivity contribution in [1.82, 2.24) is 40.4 Å². The highest BCUT2D eigenvalue weighted by atomic mass is 19.1. The predicted octanol–water partition coefficient (Wildman–Crippen LogP) is 6.21. The lowest BCUT2D eigenvalue weighted by atomic mass is 9.82. The first-order chi connectivity index (χ1) is 29.3. The minimum absolute atomic E-state index is 0.0264. The van der Waals surface area contributed by atoms with Crippen LogP contribution in [0, 0.1) is 0 Å². The van der Waals surface area contributed by atoms with E-state index < -0.39 is 73.9 Å². The lowest BCUT2D eigenvalue weighted by Gasteiger charge is -2.26. The number of nitrogens with one attached hydrogen (secondary N) is 4. The number of H-pyrrole nitrogens is 2. The fourth-order valence-electron chi connectivity index (χ4n) is 8.99. The Kier molecular flexibility index (Phi) is 8.66. The van der Waals surface area contributed by atoms with Gasteiger partial charge in [-0.15, -0.1) is 0 Å². The predicted molar refractivity (Wildman–Crippen MR) is 204 cm³/mol. The van der Waals surface area contributed by atoms with Crippen LogP contribution in [0.5, 0.6) is 0 Å². The number of benzene rings is 2. The average Bonchev–Trinajstić information content (AvgIpc) is 4.10.